The van der Waals surface area contributed by atoms with Crippen molar-refractivity contribution in [1.29, 1.82) is 0 Å². The smallest absolute Gasteiger partial charge is 0.280 e. The minimum atomic E-state index is -0.708. The SMILES string of the molecule is COc1ccccc1-n1nc(C(=O)Nc2cnc3c(c2)c(C)nn3-c2ccccc2)c(O)cc1=O. The van der Waals surface area contributed by atoms with E-state index < -0.39 is 17.2 Å². The highest BCUT2D eigenvalue weighted by atomic mass is 16.5. The number of aryl methyl sites for hydroxylation is 1. The summed E-state index contributed by atoms with van der Waals surface area (Å²) in [5.74, 6) is -0.860. The number of fused-ring (bicyclic) bond motifs is 1. The first-order chi connectivity index (χ1) is 17.0. The summed E-state index contributed by atoms with van der Waals surface area (Å²) in [5.41, 5.74) is 2.01. The van der Waals surface area contributed by atoms with E-state index in [1.807, 2.05) is 37.3 Å². The molecule has 5 aromatic rings. The number of aromatic hydroxyl groups is 1. The van der Waals surface area contributed by atoms with Crippen LogP contribution in [0.1, 0.15) is 16.2 Å². The van der Waals surface area contributed by atoms with Crippen molar-refractivity contribution in [3.05, 3.63) is 94.7 Å². The molecule has 0 radical (unpaired) electrons. The predicted molar refractivity (Wildman–Crippen MR) is 130 cm³/mol. The van der Waals surface area contributed by atoms with Gasteiger partial charge in [0.2, 0.25) is 0 Å². The van der Waals surface area contributed by atoms with Gasteiger partial charge in [-0.2, -0.15) is 14.9 Å². The van der Waals surface area contributed by atoms with Crippen molar-refractivity contribution in [1.82, 2.24) is 24.5 Å². The average Bonchev–Trinajstić information content (AvgIpc) is 3.20. The molecule has 0 aliphatic carbocycles. The van der Waals surface area contributed by atoms with E-state index in [2.05, 4.69) is 20.5 Å². The van der Waals surface area contributed by atoms with Crippen molar-refractivity contribution >= 4 is 22.6 Å². The Labute approximate surface area is 199 Å². The molecule has 0 spiro atoms. The average molecular weight is 468 g/mol. The van der Waals surface area contributed by atoms with Gasteiger partial charge in [-0.05, 0) is 37.3 Å². The number of hydrogen-bond donors (Lipinski definition) is 2. The summed E-state index contributed by atoms with van der Waals surface area (Å²) in [6, 6.07) is 19.0. The number of amides is 1. The van der Waals surface area contributed by atoms with Crippen molar-refractivity contribution in [2.24, 2.45) is 0 Å². The van der Waals surface area contributed by atoms with Crippen LogP contribution in [0.5, 0.6) is 11.5 Å². The van der Waals surface area contributed by atoms with Gasteiger partial charge in [-0.1, -0.05) is 30.3 Å². The number of benzene rings is 2. The fourth-order valence-corrected chi connectivity index (χ4v) is 3.74. The van der Waals surface area contributed by atoms with Gasteiger partial charge in [-0.25, -0.2) is 9.67 Å². The zero-order valence-corrected chi connectivity index (χ0v) is 18.8. The summed E-state index contributed by atoms with van der Waals surface area (Å²) in [6.07, 6.45) is 1.49. The first kappa shape index (κ1) is 21.8. The Morgan fingerprint density at radius 1 is 1.00 bits per heavy atom. The number of aromatic nitrogens is 5. The molecule has 0 aliphatic rings. The number of carbonyl (C=O) groups is 1. The number of ether oxygens (including phenoxy) is 1. The highest BCUT2D eigenvalue weighted by Crippen LogP contribution is 2.24. The van der Waals surface area contributed by atoms with Gasteiger partial charge in [0.05, 0.1) is 30.4 Å². The largest absolute Gasteiger partial charge is 0.505 e. The molecule has 0 fully saturated rings. The number of nitrogens with one attached hydrogen (secondary N) is 1. The van der Waals surface area contributed by atoms with Crippen LogP contribution in [0.25, 0.3) is 22.4 Å². The molecular formula is C25H20N6O4. The maximum atomic E-state index is 13.0. The highest BCUT2D eigenvalue weighted by Gasteiger charge is 2.19. The molecule has 1 amide bonds. The number of hydrogen-bond acceptors (Lipinski definition) is 7. The molecule has 3 heterocycles. The third-order valence-electron chi connectivity index (χ3n) is 5.41. The summed E-state index contributed by atoms with van der Waals surface area (Å²) < 4.78 is 8.02. The number of methoxy groups -OCH3 is 1. The monoisotopic (exact) mass is 468 g/mol. The number of anilines is 1. The Bertz CT molecular complexity index is 1620. The summed E-state index contributed by atoms with van der Waals surface area (Å²) >= 11 is 0. The van der Waals surface area contributed by atoms with Gasteiger partial charge in [-0.3, -0.25) is 9.59 Å². The van der Waals surface area contributed by atoms with Gasteiger partial charge < -0.3 is 15.2 Å². The van der Waals surface area contributed by atoms with Crippen LogP contribution in [0.15, 0.2) is 77.7 Å². The maximum Gasteiger partial charge on any atom is 0.280 e. The Morgan fingerprint density at radius 3 is 2.51 bits per heavy atom. The molecule has 2 aromatic carbocycles. The molecule has 10 nitrogen and oxygen atoms in total. The number of carbonyl (C=O) groups excluding carboxylic acids is 1. The summed E-state index contributed by atoms with van der Waals surface area (Å²) in [5, 5.41) is 22.4. The number of para-hydroxylation sites is 3. The Hall–Kier alpha value is -4.99. The van der Waals surface area contributed by atoms with Crippen LogP contribution < -0.4 is 15.6 Å². The molecule has 0 saturated heterocycles. The van der Waals surface area contributed by atoms with E-state index >= 15 is 0 Å². The Kier molecular flexibility index (Phi) is 5.46. The first-order valence-corrected chi connectivity index (χ1v) is 10.6. The minimum absolute atomic E-state index is 0.327. The number of pyridine rings is 1. The second-order valence-electron chi connectivity index (χ2n) is 7.68. The lowest BCUT2D eigenvalue weighted by atomic mass is 10.2. The van der Waals surface area contributed by atoms with Crippen molar-refractivity contribution in [3.8, 4) is 22.9 Å². The van der Waals surface area contributed by atoms with Crippen LogP contribution in [0.3, 0.4) is 0 Å². The summed E-state index contributed by atoms with van der Waals surface area (Å²) in [6.45, 7) is 1.85. The van der Waals surface area contributed by atoms with Gasteiger partial charge in [0.1, 0.15) is 11.4 Å². The predicted octanol–water partition coefficient (Wildman–Crippen LogP) is 3.24. The molecule has 174 valence electrons. The highest BCUT2D eigenvalue weighted by molar-refractivity contribution is 6.05. The standard InChI is InChI=1S/C25H20N6O4/c1-15-18-12-16(14-26-24(18)30(28-15)17-8-4-3-5-9-17)27-25(34)23-20(32)13-22(33)31(29-23)19-10-6-7-11-21(19)35-2/h3-14,32H,1-2H3,(H,27,34). The van der Waals surface area contributed by atoms with Crippen LogP contribution in [0.4, 0.5) is 5.69 Å². The zero-order valence-electron chi connectivity index (χ0n) is 18.8. The van der Waals surface area contributed by atoms with Crippen LogP contribution in [-0.2, 0) is 0 Å². The topological polar surface area (TPSA) is 124 Å². The quantitative estimate of drug-likeness (QED) is 0.406. The second-order valence-corrected chi connectivity index (χ2v) is 7.68. The maximum absolute atomic E-state index is 13.0. The van der Waals surface area contributed by atoms with Crippen molar-refractivity contribution in [3.63, 3.8) is 0 Å². The van der Waals surface area contributed by atoms with E-state index in [0.29, 0.717) is 22.8 Å². The Balaban J connectivity index is 1.50. The first-order valence-electron chi connectivity index (χ1n) is 10.6. The third kappa shape index (κ3) is 3.97. The Morgan fingerprint density at radius 2 is 1.74 bits per heavy atom. The normalized spacial score (nSPS) is 10.9. The molecule has 0 atom stereocenters. The molecule has 0 bridgehead atoms. The van der Waals surface area contributed by atoms with E-state index in [-0.39, 0.29) is 5.69 Å². The third-order valence-corrected chi connectivity index (χ3v) is 5.41. The number of rotatable bonds is 5. The van der Waals surface area contributed by atoms with E-state index in [1.54, 1.807) is 35.0 Å². The van der Waals surface area contributed by atoms with Crippen LogP contribution in [-0.4, -0.2) is 42.7 Å². The van der Waals surface area contributed by atoms with E-state index in [0.717, 1.165) is 27.5 Å². The molecule has 0 unspecified atom stereocenters. The van der Waals surface area contributed by atoms with Crippen LogP contribution in [0.2, 0.25) is 0 Å². The molecule has 10 heteroatoms. The molecule has 35 heavy (non-hydrogen) atoms. The lowest BCUT2D eigenvalue weighted by molar-refractivity contribution is 0.101. The molecule has 2 N–H and O–H groups in total. The van der Waals surface area contributed by atoms with Crippen LogP contribution in [0, 0.1) is 6.92 Å². The van der Waals surface area contributed by atoms with Gasteiger partial charge in [-0.15, -0.1) is 0 Å². The lowest BCUT2D eigenvalue weighted by Crippen LogP contribution is -2.25. The second kappa shape index (κ2) is 8.75. The summed E-state index contributed by atoms with van der Waals surface area (Å²) in [4.78, 5) is 30.0. The lowest BCUT2D eigenvalue weighted by Gasteiger charge is -2.12. The fraction of sp³-hybridized carbons (Fsp3) is 0.0800. The fourth-order valence-electron chi connectivity index (χ4n) is 3.74. The summed E-state index contributed by atoms with van der Waals surface area (Å²) in [7, 11) is 1.46. The molecule has 3 aromatic heterocycles. The van der Waals surface area contributed by atoms with Gasteiger partial charge in [0, 0.05) is 11.5 Å². The van der Waals surface area contributed by atoms with Gasteiger partial charge in [0.25, 0.3) is 11.5 Å². The molecule has 0 aliphatic heterocycles. The molecular weight excluding hydrogens is 448 g/mol. The molecule has 0 saturated carbocycles. The van der Waals surface area contributed by atoms with Crippen molar-refractivity contribution in [2.75, 3.05) is 12.4 Å². The molecule has 5 rings (SSSR count). The van der Waals surface area contributed by atoms with Crippen molar-refractivity contribution in [2.45, 2.75) is 6.92 Å². The van der Waals surface area contributed by atoms with Gasteiger partial charge >= 0.3 is 0 Å². The van der Waals surface area contributed by atoms with Gasteiger partial charge in [0.15, 0.2) is 17.1 Å². The van der Waals surface area contributed by atoms with E-state index in [1.165, 1.54) is 13.3 Å². The van der Waals surface area contributed by atoms with Crippen molar-refractivity contribution < 1.29 is 14.6 Å². The number of nitrogens with zero attached hydrogens (tertiary/aromatic N) is 5. The van der Waals surface area contributed by atoms with Crippen LogP contribution >= 0.6 is 0 Å². The minimum Gasteiger partial charge on any atom is -0.505 e. The van der Waals surface area contributed by atoms with E-state index in [4.69, 9.17) is 4.74 Å². The van der Waals surface area contributed by atoms with E-state index in [9.17, 15) is 14.7 Å². The zero-order chi connectivity index (χ0) is 24.5.